The Labute approximate surface area is 121 Å². The first-order valence-electron chi connectivity index (χ1n) is 6.31. The Morgan fingerprint density at radius 1 is 1.40 bits per heavy atom. The van der Waals surface area contributed by atoms with Crippen molar-refractivity contribution in [3.8, 4) is 0 Å². The van der Waals surface area contributed by atoms with Gasteiger partial charge in [0.2, 0.25) is 5.91 Å². The SMILES string of the molecule is CNCCC(=O)Nc1ncc(Cc2ccccc2F)s1. The molecule has 0 aliphatic carbocycles. The second kappa shape index (κ2) is 7.12. The molecule has 0 fully saturated rings. The minimum Gasteiger partial charge on any atom is -0.319 e. The van der Waals surface area contributed by atoms with Crippen molar-refractivity contribution in [3.05, 3.63) is 46.7 Å². The molecule has 4 nitrogen and oxygen atoms in total. The van der Waals surface area contributed by atoms with Gasteiger partial charge in [0.15, 0.2) is 5.13 Å². The van der Waals surface area contributed by atoms with Gasteiger partial charge in [-0.2, -0.15) is 0 Å². The van der Waals surface area contributed by atoms with Gasteiger partial charge in [-0.05, 0) is 18.7 Å². The number of carbonyl (C=O) groups is 1. The third kappa shape index (κ3) is 4.11. The van der Waals surface area contributed by atoms with Gasteiger partial charge in [0.1, 0.15) is 5.82 Å². The summed E-state index contributed by atoms with van der Waals surface area (Å²) < 4.78 is 13.5. The third-order valence-electron chi connectivity index (χ3n) is 2.72. The highest BCUT2D eigenvalue weighted by Gasteiger charge is 2.08. The van der Waals surface area contributed by atoms with E-state index in [0.29, 0.717) is 30.1 Å². The average Bonchev–Trinajstić information content (AvgIpc) is 2.86. The van der Waals surface area contributed by atoms with E-state index in [0.717, 1.165) is 4.88 Å². The maximum Gasteiger partial charge on any atom is 0.227 e. The number of nitrogens with zero attached hydrogens (tertiary/aromatic N) is 1. The van der Waals surface area contributed by atoms with Crippen LogP contribution in [0.25, 0.3) is 0 Å². The van der Waals surface area contributed by atoms with Crippen LogP contribution in [0.3, 0.4) is 0 Å². The van der Waals surface area contributed by atoms with E-state index >= 15 is 0 Å². The quantitative estimate of drug-likeness (QED) is 0.860. The Morgan fingerprint density at radius 2 is 2.20 bits per heavy atom. The molecule has 0 saturated heterocycles. The zero-order valence-corrected chi connectivity index (χ0v) is 12.0. The Morgan fingerprint density at radius 3 is 2.95 bits per heavy atom. The lowest BCUT2D eigenvalue weighted by Gasteiger charge is -2.01. The van der Waals surface area contributed by atoms with Crippen LogP contribution in [0.15, 0.2) is 30.5 Å². The van der Waals surface area contributed by atoms with Crippen molar-refractivity contribution in [2.24, 2.45) is 0 Å². The first-order chi connectivity index (χ1) is 9.69. The number of aromatic nitrogens is 1. The number of rotatable bonds is 6. The first kappa shape index (κ1) is 14.6. The molecule has 0 bridgehead atoms. The molecule has 0 unspecified atom stereocenters. The van der Waals surface area contributed by atoms with E-state index in [4.69, 9.17) is 0 Å². The predicted molar refractivity (Wildman–Crippen MR) is 78.5 cm³/mol. The number of thiazole rings is 1. The molecular weight excluding hydrogens is 277 g/mol. The molecule has 6 heteroatoms. The molecule has 2 N–H and O–H groups in total. The van der Waals surface area contributed by atoms with Crippen LogP contribution < -0.4 is 10.6 Å². The van der Waals surface area contributed by atoms with E-state index in [1.165, 1.54) is 17.4 Å². The van der Waals surface area contributed by atoms with Crippen LogP contribution in [-0.4, -0.2) is 24.5 Å². The molecule has 2 rings (SSSR count). The van der Waals surface area contributed by atoms with Crippen molar-refractivity contribution in [2.45, 2.75) is 12.8 Å². The van der Waals surface area contributed by atoms with Crippen molar-refractivity contribution >= 4 is 22.4 Å². The van der Waals surface area contributed by atoms with Crippen LogP contribution in [0, 0.1) is 5.82 Å². The fourth-order valence-electron chi connectivity index (χ4n) is 1.70. The lowest BCUT2D eigenvalue weighted by atomic mass is 10.1. The lowest BCUT2D eigenvalue weighted by Crippen LogP contribution is -2.18. The van der Waals surface area contributed by atoms with Crippen LogP contribution in [0.2, 0.25) is 0 Å². The molecule has 1 heterocycles. The summed E-state index contributed by atoms with van der Waals surface area (Å²) in [6.07, 6.45) is 2.56. The van der Waals surface area contributed by atoms with Crippen molar-refractivity contribution in [2.75, 3.05) is 18.9 Å². The molecule has 1 amide bonds. The van der Waals surface area contributed by atoms with E-state index in [1.807, 2.05) is 0 Å². The van der Waals surface area contributed by atoms with E-state index in [-0.39, 0.29) is 11.7 Å². The van der Waals surface area contributed by atoms with Crippen LogP contribution in [0.4, 0.5) is 9.52 Å². The van der Waals surface area contributed by atoms with Crippen LogP contribution in [-0.2, 0) is 11.2 Å². The molecule has 1 aromatic carbocycles. The molecule has 0 radical (unpaired) electrons. The number of amides is 1. The number of anilines is 1. The molecule has 106 valence electrons. The van der Waals surface area contributed by atoms with E-state index in [2.05, 4.69) is 15.6 Å². The van der Waals surface area contributed by atoms with Crippen LogP contribution in [0.1, 0.15) is 16.9 Å². The smallest absolute Gasteiger partial charge is 0.227 e. The normalized spacial score (nSPS) is 10.5. The topological polar surface area (TPSA) is 54.0 Å². The largest absolute Gasteiger partial charge is 0.319 e. The first-order valence-corrected chi connectivity index (χ1v) is 7.13. The van der Waals surface area contributed by atoms with Crippen molar-refractivity contribution in [1.29, 1.82) is 0 Å². The summed E-state index contributed by atoms with van der Waals surface area (Å²) in [4.78, 5) is 16.6. The Bertz CT molecular complexity index is 585. The van der Waals surface area contributed by atoms with Gasteiger partial charge in [0, 0.05) is 30.5 Å². The summed E-state index contributed by atoms with van der Waals surface area (Å²) >= 11 is 1.37. The molecule has 0 aliphatic rings. The molecule has 0 atom stereocenters. The Balaban J connectivity index is 1.96. The summed E-state index contributed by atoms with van der Waals surface area (Å²) in [6.45, 7) is 0.624. The summed E-state index contributed by atoms with van der Waals surface area (Å²) in [5.74, 6) is -0.299. The fraction of sp³-hybridized carbons (Fsp3) is 0.286. The van der Waals surface area contributed by atoms with Gasteiger partial charge < -0.3 is 10.6 Å². The lowest BCUT2D eigenvalue weighted by molar-refractivity contribution is -0.116. The second-order valence-electron chi connectivity index (χ2n) is 4.30. The summed E-state index contributed by atoms with van der Waals surface area (Å²) in [7, 11) is 1.79. The fourth-order valence-corrected chi connectivity index (χ4v) is 2.55. The minimum absolute atomic E-state index is 0.0776. The van der Waals surface area contributed by atoms with Gasteiger partial charge in [0.25, 0.3) is 0 Å². The van der Waals surface area contributed by atoms with Crippen molar-refractivity contribution < 1.29 is 9.18 Å². The van der Waals surface area contributed by atoms with Gasteiger partial charge in [-0.15, -0.1) is 11.3 Å². The monoisotopic (exact) mass is 293 g/mol. The number of benzene rings is 1. The predicted octanol–water partition coefficient (Wildman–Crippen LogP) is 2.42. The van der Waals surface area contributed by atoms with E-state index in [1.54, 1.807) is 31.4 Å². The highest BCUT2D eigenvalue weighted by molar-refractivity contribution is 7.15. The number of hydrogen-bond acceptors (Lipinski definition) is 4. The van der Waals surface area contributed by atoms with Crippen LogP contribution >= 0.6 is 11.3 Å². The maximum atomic E-state index is 13.5. The van der Waals surface area contributed by atoms with Gasteiger partial charge in [0.05, 0.1) is 0 Å². The molecule has 0 aliphatic heterocycles. The third-order valence-corrected chi connectivity index (χ3v) is 3.64. The number of carbonyl (C=O) groups excluding carboxylic acids is 1. The molecule has 2 aromatic rings. The van der Waals surface area contributed by atoms with Crippen molar-refractivity contribution in [3.63, 3.8) is 0 Å². The van der Waals surface area contributed by atoms with Gasteiger partial charge >= 0.3 is 0 Å². The van der Waals surface area contributed by atoms with E-state index < -0.39 is 0 Å². The Hall–Kier alpha value is -1.79. The standard InChI is InChI=1S/C14H16FN3OS/c1-16-7-6-13(19)18-14-17-9-11(20-14)8-10-4-2-3-5-12(10)15/h2-5,9,16H,6-8H2,1H3,(H,17,18,19). The van der Waals surface area contributed by atoms with Gasteiger partial charge in [-0.1, -0.05) is 18.2 Å². The van der Waals surface area contributed by atoms with Gasteiger partial charge in [-0.3, -0.25) is 4.79 Å². The minimum atomic E-state index is -0.222. The zero-order chi connectivity index (χ0) is 14.4. The molecular formula is C14H16FN3OS. The van der Waals surface area contributed by atoms with Gasteiger partial charge in [-0.25, -0.2) is 9.37 Å². The van der Waals surface area contributed by atoms with Crippen LogP contribution in [0.5, 0.6) is 0 Å². The van der Waals surface area contributed by atoms with E-state index in [9.17, 15) is 9.18 Å². The second-order valence-corrected chi connectivity index (χ2v) is 5.42. The molecule has 20 heavy (non-hydrogen) atoms. The maximum absolute atomic E-state index is 13.5. The highest BCUT2D eigenvalue weighted by Crippen LogP contribution is 2.22. The Kier molecular flexibility index (Phi) is 5.20. The molecule has 1 aromatic heterocycles. The highest BCUT2D eigenvalue weighted by atomic mass is 32.1. The summed E-state index contributed by atoms with van der Waals surface area (Å²) in [5.41, 5.74) is 0.629. The summed E-state index contributed by atoms with van der Waals surface area (Å²) in [6, 6.07) is 6.66. The number of halogens is 1. The average molecular weight is 293 g/mol. The summed E-state index contributed by atoms with van der Waals surface area (Å²) in [5, 5.41) is 6.19. The molecule has 0 saturated carbocycles. The van der Waals surface area contributed by atoms with Crippen molar-refractivity contribution in [1.82, 2.24) is 10.3 Å². The number of hydrogen-bond donors (Lipinski definition) is 2. The zero-order valence-electron chi connectivity index (χ0n) is 11.1. The number of nitrogens with one attached hydrogen (secondary N) is 2. The molecule has 0 spiro atoms.